The zero-order valence-electron chi connectivity index (χ0n) is 10.6. The molecular weight excluding hydrogens is 276 g/mol. The highest BCUT2D eigenvalue weighted by Gasteiger charge is 2.25. The number of nitrogens with two attached hydrogens (primary N) is 1. The van der Waals surface area contributed by atoms with E-state index in [1.54, 1.807) is 6.92 Å². The lowest BCUT2D eigenvalue weighted by Gasteiger charge is -2.23. The van der Waals surface area contributed by atoms with Crippen molar-refractivity contribution in [3.05, 3.63) is 23.2 Å². The van der Waals surface area contributed by atoms with Gasteiger partial charge in [-0.25, -0.2) is 8.42 Å². The third-order valence-electron chi connectivity index (χ3n) is 2.68. The van der Waals surface area contributed by atoms with E-state index in [9.17, 15) is 8.42 Å². The van der Waals surface area contributed by atoms with Crippen molar-refractivity contribution >= 4 is 27.3 Å². The van der Waals surface area contributed by atoms with Crippen molar-refractivity contribution in [2.24, 2.45) is 0 Å². The van der Waals surface area contributed by atoms with Crippen LogP contribution in [0.25, 0.3) is 0 Å². The summed E-state index contributed by atoms with van der Waals surface area (Å²) in [5, 5.41) is 0.226. The third kappa shape index (κ3) is 3.14. The fraction of sp³-hybridized carbons (Fsp3) is 0.455. The monoisotopic (exact) mass is 292 g/mol. The SMILES string of the molecule is COCC(C)N(C)S(=O)(=O)c1ccc(N)c(Cl)c1. The first-order chi connectivity index (χ1) is 8.30. The second kappa shape index (κ2) is 5.88. The van der Waals surface area contributed by atoms with Crippen LogP contribution in [0.2, 0.25) is 5.02 Å². The fourth-order valence-electron chi connectivity index (χ4n) is 1.42. The van der Waals surface area contributed by atoms with Crippen molar-refractivity contribution in [2.45, 2.75) is 17.9 Å². The molecule has 0 aromatic heterocycles. The molecule has 1 unspecified atom stereocenters. The van der Waals surface area contributed by atoms with Gasteiger partial charge in [0.25, 0.3) is 0 Å². The van der Waals surface area contributed by atoms with Crippen molar-refractivity contribution < 1.29 is 13.2 Å². The zero-order chi connectivity index (χ0) is 13.9. The van der Waals surface area contributed by atoms with E-state index in [0.717, 1.165) is 0 Å². The summed E-state index contributed by atoms with van der Waals surface area (Å²) in [4.78, 5) is 0.118. The van der Waals surface area contributed by atoms with Gasteiger partial charge in [-0.1, -0.05) is 11.6 Å². The molecule has 0 amide bonds. The van der Waals surface area contributed by atoms with Crippen molar-refractivity contribution in [1.29, 1.82) is 0 Å². The molecule has 0 aliphatic heterocycles. The molecule has 0 heterocycles. The molecule has 0 saturated heterocycles. The van der Waals surface area contributed by atoms with Crippen molar-refractivity contribution in [3.63, 3.8) is 0 Å². The van der Waals surface area contributed by atoms with E-state index in [0.29, 0.717) is 12.3 Å². The number of nitrogens with zero attached hydrogens (tertiary/aromatic N) is 1. The van der Waals surface area contributed by atoms with E-state index < -0.39 is 10.0 Å². The summed E-state index contributed by atoms with van der Waals surface area (Å²) in [5.41, 5.74) is 5.91. The van der Waals surface area contributed by atoms with Gasteiger partial charge in [0.15, 0.2) is 0 Å². The molecule has 0 fully saturated rings. The van der Waals surface area contributed by atoms with Gasteiger partial charge < -0.3 is 10.5 Å². The molecule has 1 aromatic rings. The fourth-order valence-corrected chi connectivity index (χ4v) is 3.04. The van der Waals surface area contributed by atoms with Crippen LogP contribution in [-0.2, 0) is 14.8 Å². The molecule has 1 aromatic carbocycles. The molecule has 1 atom stereocenters. The quantitative estimate of drug-likeness (QED) is 0.836. The van der Waals surface area contributed by atoms with Crippen molar-refractivity contribution in [1.82, 2.24) is 4.31 Å². The van der Waals surface area contributed by atoms with E-state index in [4.69, 9.17) is 22.1 Å². The second-order valence-corrected chi connectivity index (χ2v) is 6.41. The van der Waals surface area contributed by atoms with E-state index in [1.807, 2.05) is 0 Å². The van der Waals surface area contributed by atoms with Crippen LogP contribution in [0.3, 0.4) is 0 Å². The maximum atomic E-state index is 12.3. The van der Waals surface area contributed by atoms with Crippen LogP contribution >= 0.6 is 11.6 Å². The average molecular weight is 293 g/mol. The molecule has 102 valence electrons. The number of halogens is 1. The maximum Gasteiger partial charge on any atom is 0.243 e. The predicted molar refractivity (Wildman–Crippen MR) is 72.2 cm³/mol. The van der Waals surface area contributed by atoms with Gasteiger partial charge in [-0.2, -0.15) is 4.31 Å². The third-order valence-corrected chi connectivity index (χ3v) is 4.97. The molecule has 5 nitrogen and oxygen atoms in total. The molecule has 0 spiro atoms. The number of hydrogen-bond acceptors (Lipinski definition) is 4. The van der Waals surface area contributed by atoms with E-state index in [2.05, 4.69) is 0 Å². The van der Waals surface area contributed by atoms with Crippen molar-refractivity contribution in [3.8, 4) is 0 Å². The number of nitrogen functional groups attached to an aromatic ring is 1. The highest BCUT2D eigenvalue weighted by atomic mass is 35.5. The van der Waals surface area contributed by atoms with Gasteiger partial charge >= 0.3 is 0 Å². The summed E-state index contributed by atoms with van der Waals surface area (Å²) in [6, 6.07) is 4.00. The number of methoxy groups -OCH3 is 1. The normalized spacial score (nSPS) is 13.8. The Labute approximate surface area is 113 Å². The maximum absolute atomic E-state index is 12.3. The predicted octanol–water partition coefficient (Wildman–Crippen LogP) is 1.58. The first kappa shape index (κ1) is 15.2. The Kier molecular flexibility index (Phi) is 4.98. The van der Waals surface area contributed by atoms with Gasteiger partial charge in [0.05, 0.1) is 22.2 Å². The number of hydrogen-bond donors (Lipinski definition) is 1. The highest BCUT2D eigenvalue weighted by molar-refractivity contribution is 7.89. The first-order valence-electron chi connectivity index (χ1n) is 5.32. The minimum absolute atomic E-state index is 0.118. The molecular formula is C11H17ClN2O3S. The van der Waals surface area contributed by atoms with Crippen LogP contribution in [-0.4, -0.2) is 39.5 Å². The molecule has 7 heteroatoms. The Morgan fingerprint density at radius 3 is 2.61 bits per heavy atom. The Hall–Kier alpha value is -0.820. The minimum Gasteiger partial charge on any atom is -0.398 e. The zero-order valence-corrected chi connectivity index (χ0v) is 12.1. The topological polar surface area (TPSA) is 72.6 Å². The van der Waals surface area contributed by atoms with Gasteiger partial charge in [-0.05, 0) is 25.1 Å². The summed E-state index contributed by atoms with van der Waals surface area (Å²) in [6.07, 6.45) is 0. The molecule has 0 radical (unpaired) electrons. The molecule has 2 N–H and O–H groups in total. The van der Waals surface area contributed by atoms with Crippen LogP contribution in [0.4, 0.5) is 5.69 Å². The van der Waals surface area contributed by atoms with Crippen LogP contribution < -0.4 is 5.73 Å². The van der Waals surface area contributed by atoms with Crippen molar-refractivity contribution in [2.75, 3.05) is 26.5 Å². The smallest absolute Gasteiger partial charge is 0.243 e. The Bertz CT molecular complexity index is 519. The van der Waals surface area contributed by atoms with E-state index in [1.165, 1.54) is 36.7 Å². The highest BCUT2D eigenvalue weighted by Crippen LogP contribution is 2.24. The number of ether oxygens (including phenoxy) is 1. The summed E-state index contributed by atoms with van der Waals surface area (Å²) in [5.74, 6) is 0. The average Bonchev–Trinajstić information content (AvgIpc) is 2.31. The lowest BCUT2D eigenvalue weighted by molar-refractivity contribution is 0.149. The van der Waals surface area contributed by atoms with E-state index >= 15 is 0 Å². The number of benzene rings is 1. The second-order valence-electron chi connectivity index (χ2n) is 4.01. The number of anilines is 1. The van der Waals surface area contributed by atoms with Crippen LogP contribution in [0.5, 0.6) is 0 Å². The number of sulfonamides is 1. The largest absolute Gasteiger partial charge is 0.398 e. The van der Waals surface area contributed by atoms with Crippen LogP contribution in [0, 0.1) is 0 Å². The summed E-state index contributed by atoms with van der Waals surface area (Å²) in [6.45, 7) is 2.08. The van der Waals surface area contributed by atoms with Crippen LogP contribution in [0.1, 0.15) is 6.92 Å². The standard InChI is InChI=1S/C11H17ClN2O3S/c1-8(7-17-3)14(2)18(15,16)9-4-5-11(13)10(12)6-9/h4-6,8H,7,13H2,1-3H3. The molecule has 0 aliphatic rings. The lowest BCUT2D eigenvalue weighted by atomic mass is 10.3. The number of rotatable bonds is 5. The van der Waals surface area contributed by atoms with E-state index in [-0.39, 0.29) is 16.0 Å². The Balaban J connectivity index is 3.09. The van der Waals surface area contributed by atoms with Gasteiger partial charge in [0.2, 0.25) is 10.0 Å². The Morgan fingerprint density at radius 2 is 2.11 bits per heavy atom. The lowest BCUT2D eigenvalue weighted by Crippen LogP contribution is -2.37. The van der Waals surface area contributed by atoms with Gasteiger partial charge in [0, 0.05) is 20.2 Å². The molecule has 18 heavy (non-hydrogen) atoms. The summed E-state index contributed by atoms with van der Waals surface area (Å²) in [7, 11) is -0.558. The minimum atomic E-state index is -3.59. The number of likely N-dealkylation sites (N-methyl/N-ethyl adjacent to an activating group) is 1. The Morgan fingerprint density at radius 1 is 1.50 bits per heavy atom. The van der Waals surface area contributed by atoms with Crippen LogP contribution in [0.15, 0.2) is 23.1 Å². The molecule has 1 rings (SSSR count). The molecule has 0 aliphatic carbocycles. The summed E-state index contributed by atoms with van der Waals surface area (Å²) >= 11 is 5.83. The van der Waals surface area contributed by atoms with Gasteiger partial charge in [0.1, 0.15) is 0 Å². The molecule has 0 bridgehead atoms. The molecule has 0 saturated carbocycles. The first-order valence-corrected chi connectivity index (χ1v) is 7.14. The van der Waals surface area contributed by atoms with Gasteiger partial charge in [-0.3, -0.25) is 0 Å². The van der Waals surface area contributed by atoms with Gasteiger partial charge in [-0.15, -0.1) is 0 Å². The summed E-state index contributed by atoms with van der Waals surface area (Å²) < 4.78 is 30.8.